The molecule has 12 heteroatoms. The fourth-order valence-corrected chi connectivity index (χ4v) is 6.20. The van der Waals surface area contributed by atoms with Crippen molar-refractivity contribution >= 4 is 40.2 Å². The van der Waals surface area contributed by atoms with Gasteiger partial charge in [-0.15, -0.1) is 11.3 Å². The van der Waals surface area contributed by atoms with Crippen LogP contribution in [0.1, 0.15) is 52.2 Å². The third-order valence-electron chi connectivity index (χ3n) is 7.12. The van der Waals surface area contributed by atoms with Gasteiger partial charge < -0.3 is 24.8 Å². The number of fused-ring (bicyclic) bond motifs is 1. The van der Waals surface area contributed by atoms with Crippen LogP contribution in [-0.2, 0) is 26.3 Å². The number of nitrogens with one attached hydrogen (secondary N) is 2. The largest absolute Gasteiger partial charge is 0.462 e. The molecule has 1 fully saturated rings. The lowest BCUT2D eigenvalue weighted by Gasteiger charge is -2.25. The number of thiophene rings is 1. The summed E-state index contributed by atoms with van der Waals surface area (Å²) < 4.78 is 29.6. The molecule has 1 aromatic heterocycles. The van der Waals surface area contributed by atoms with Crippen LogP contribution >= 0.6 is 11.3 Å². The number of ether oxygens (including phenoxy) is 3. The number of anilines is 1. The Hall–Kier alpha value is -4.45. The van der Waals surface area contributed by atoms with Gasteiger partial charge in [0.2, 0.25) is 12.7 Å². The van der Waals surface area contributed by atoms with Gasteiger partial charge in [-0.3, -0.25) is 14.5 Å². The van der Waals surface area contributed by atoms with E-state index in [-0.39, 0.29) is 30.4 Å². The number of esters is 1. The van der Waals surface area contributed by atoms with Crippen molar-refractivity contribution in [2.75, 3.05) is 25.3 Å². The maximum atomic E-state index is 13.5. The maximum Gasteiger partial charge on any atom is 0.341 e. The Bertz CT molecular complexity index is 1540. The molecule has 1 saturated heterocycles. The van der Waals surface area contributed by atoms with Gasteiger partial charge in [0, 0.05) is 11.3 Å². The van der Waals surface area contributed by atoms with Crippen molar-refractivity contribution in [1.82, 2.24) is 10.2 Å². The first-order chi connectivity index (χ1) is 19.7. The molecule has 0 spiro atoms. The number of carbonyl (C=O) groups is 4. The molecule has 0 saturated carbocycles. The van der Waals surface area contributed by atoms with Crippen LogP contribution in [0.4, 0.5) is 14.2 Å². The summed E-state index contributed by atoms with van der Waals surface area (Å²) >= 11 is 1.21. The molecule has 3 aromatic rings. The molecule has 3 heterocycles. The second kappa shape index (κ2) is 11.2. The minimum Gasteiger partial charge on any atom is -0.462 e. The standard InChI is InChI=1S/C29H28FN3O7S/c1-4-29(18-7-9-19(30)10-8-18)27(36)33(28(37)32-29)14-23(34)31-25-24(26(35)38-5-2)16(3)22(41-25)13-17-6-11-20-21(12-17)40-15-39-20/h6-12H,4-5,13-15H2,1-3H3,(H,31,34)(H,32,37)/t29-/m0/s1. The summed E-state index contributed by atoms with van der Waals surface area (Å²) in [4.78, 5) is 54.0. The average Bonchev–Trinajstić information content (AvgIpc) is 3.60. The van der Waals surface area contributed by atoms with E-state index >= 15 is 0 Å². The number of halogens is 1. The van der Waals surface area contributed by atoms with Crippen molar-refractivity contribution < 1.29 is 37.8 Å². The number of carbonyl (C=O) groups excluding carboxylic acids is 4. The number of imide groups is 1. The normalized spacial score (nSPS) is 17.5. The maximum absolute atomic E-state index is 13.5. The number of rotatable bonds is 9. The number of hydrogen-bond acceptors (Lipinski definition) is 8. The van der Waals surface area contributed by atoms with Crippen LogP contribution in [0.5, 0.6) is 11.5 Å². The van der Waals surface area contributed by atoms with Gasteiger partial charge in [0.05, 0.1) is 12.2 Å². The number of benzene rings is 2. The topological polar surface area (TPSA) is 123 Å². The Labute approximate surface area is 239 Å². The second-order valence-electron chi connectivity index (χ2n) is 9.57. The van der Waals surface area contributed by atoms with E-state index in [1.54, 1.807) is 20.8 Å². The van der Waals surface area contributed by atoms with E-state index in [4.69, 9.17) is 14.2 Å². The SMILES string of the molecule is CCOC(=O)c1c(NC(=O)CN2C(=O)N[C@@](CC)(c3ccc(F)cc3)C2=O)sc(Cc2ccc3c(c2)OCO3)c1C. The lowest BCUT2D eigenvalue weighted by Crippen LogP contribution is -2.44. The van der Waals surface area contributed by atoms with Crippen molar-refractivity contribution in [2.45, 2.75) is 39.2 Å². The van der Waals surface area contributed by atoms with Crippen LogP contribution < -0.4 is 20.1 Å². The van der Waals surface area contributed by atoms with Crippen molar-refractivity contribution in [2.24, 2.45) is 0 Å². The molecule has 2 N–H and O–H groups in total. The van der Waals surface area contributed by atoms with Gasteiger partial charge in [0.15, 0.2) is 11.5 Å². The van der Waals surface area contributed by atoms with E-state index in [0.717, 1.165) is 15.3 Å². The third kappa shape index (κ3) is 5.22. The van der Waals surface area contributed by atoms with Crippen molar-refractivity contribution in [3.63, 3.8) is 0 Å². The highest BCUT2D eigenvalue weighted by Gasteiger charge is 2.51. The van der Waals surface area contributed by atoms with E-state index in [9.17, 15) is 23.6 Å². The minimum atomic E-state index is -1.42. The number of hydrogen-bond donors (Lipinski definition) is 2. The molecule has 0 radical (unpaired) electrons. The Balaban J connectivity index is 1.37. The van der Waals surface area contributed by atoms with Gasteiger partial charge >= 0.3 is 12.0 Å². The highest BCUT2D eigenvalue weighted by Crippen LogP contribution is 2.38. The number of urea groups is 1. The van der Waals surface area contributed by atoms with Crippen molar-refractivity contribution in [3.8, 4) is 11.5 Å². The first kappa shape index (κ1) is 28.1. The lowest BCUT2D eigenvalue weighted by molar-refractivity contribution is -0.134. The highest BCUT2D eigenvalue weighted by atomic mass is 32.1. The molecule has 1 atom stereocenters. The fourth-order valence-electron chi connectivity index (χ4n) is 4.96. The molecule has 2 aliphatic heterocycles. The fraction of sp³-hybridized carbons (Fsp3) is 0.310. The van der Waals surface area contributed by atoms with E-state index in [0.29, 0.717) is 29.0 Å². The van der Waals surface area contributed by atoms with Crippen LogP contribution in [0.15, 0.2) is 42.5 Å². The Morgan fingerprint density at radius 1 is 1.12 bits per heavy atom. The van der Waals surface area contributed by atoms with Gasteiger partial charge in [-0.25, -0.2) is 14.0 Å². The Morgan fingerprint density at radius 3 is 2.56 bits per heavy atom. The van der Waals surface area contributed by atoms with Crippen LogP contribution in [0.2, 0.25) is 0 Å². The zero-order valence-electron chi connectivity index (χ0n) is 22.7. The zero-order valence-corrected chi connectivity index (χ0v) is 23.5. The molecule has 0 bridgehead atoms. The second-order valence-corrected chi connectivity index (χ2v) is 10.7. The van der Waals surface area contributed by atoms with Gasteiger partial charge in [-0.1, -0.05) is 25.1 Å². The summed E-state index contributed by atoms with van der Waals surface area (Å²) in [7, 11) is 0. The molecular formula is C29H28FN3O7S. The summed E-state index contributed by atoms with van der Waals surface area (Å²) in [5.74, 6) is -1.07. The van der Waals surface area contributed by atoms with Crippen LogP contribution in [-0.4, -0.2) is 48.7 Å². The summed E-state index contributed by atoms with van der Waals surface area (Å²) in [5, 5.41) is 5.64. The van der Waals surface area contributed by atoms with E-state index < -0.39 is 41.7 Å². The lowest BCUT2D eigenvalue weighted by atomic mass is 9.87. The van der Waals surface area contributed by atoms with Crippen LogP contribution in [0.25, 0.3) is 0 Å². The van der Waals surface area contributed by atoms with Gasteiger partial charge in [-0.2, -0.15) is 0 Å². The Kier molecular flexibility index (Phi) is 7.68. The summed E-state index contributed by atoms with van der Waals surface area (Å²) in [6.07, 6.45) is 0.654. The third-order valence-corrected chi connectivity index (χ3v) is 8.33. The average molecular weight is 582 g/mol. The molecule has 41 heavy (non-hydrogen) atoms. The zero-order chi connectivity index (χ0) is 29.3. The molecule has 5 rings (SSSR count). The van der Waals surface area contributed by atoms with Crippen molar-refractivity contribution in [3.05, 3.63) is 75.4 Å². The predicted octanol–water partition coefficient (Wildman–Crippen LogP) is 4.49. The molecular weight excluding hydrogens is 553 g/mol. The summed E-state index contributed by atoms with van der Waals surface area (Å²) in [5.41, 5.74) is 0.778. The minimum absolute atomic E-state index is 0.143. The molecule has 10 nitrogen and oxygen atoms in total. The van der Waals surface area contributed by atoms with Crippen LogP contribution in [0, 0.1) is 12.7 Å². The molecule has 0 unspecified atom stereocenters. The molecule has 2 aromatic carbocycles. The van der Waals surface area contributed by atoms with Gasteiger partial charge in [0.1, 0.15) is 22.9 Å². The van der Waals surface area contributed by atoms with Gasteiger partial charge in [-0.05, 0) is 61.2 Å². The molecule has 2 aliphatic rings. The predicted molar refractivity (Wildman–Crippen MR) is 148 cm³/mol. The summed E-state index contributed by atoms with van der Waals surface area (Å²) in [6.45, 7) is 4.89. The van der Waals surface area contributed by atoms with Crippen LogP contribution in [0.3, 0.4) is 0 Å². The van der Waals surface area contributed by atoms with E-state index in [1.165, 1.54) is 35.6 Å². The molecule has 4 amide bonds. The first-order valence-corrected chi connectivity index (χ1v) is 13.9. The monoisotopic (exact) mass is 581 g/mol. The number of amides is 4. The van der Waals surface area contributed by atoms with E-state index in [1.807, 2.05) is 18.2 Å². The Morgan fingerprint density at radius 2 is 1.85 bits per heavy atom. The smallest absolute Gasteiger partial charge is 0.341 e. The van der Waals surface area contributed by atoms with Crippen molar-refractivity contribution in [1.29, 1.82) is 0 Å². The van der Waals surface area contributed by atoms with E-state index in [2.05, 4.69) is 10.6 Å². The van der Waals surface area contributed by atoms with Gasteiger partial charge in [0.25, 0.3) is 5.91 Å². The first-order valence-electron chi connectivity index (χ1n) is 13.0. The molecule has 214 valence electrons. The molecule has 0 aliphatic carbocycles. The highest BCUT2D eigenvalue weighted by molar-refractivity contribution is 7.17. The summed E-state index contributed by atoms with van der Waals surface area (Å²) in [6, 6.07) is 10.1. The quantitative estimate of drug-likeness (QED) is 0.282. The number of nitrogens with zero attached hydrogens (tertiary/aromatic N) is 1.